The van der Waals surface area contributed by atoms with Gasteiger partial charge in [-0.2, -0.15) is 4.37 Å². The number of hydrogen-bond acceptors (Lipinski definition) is 3. The molecule has 0 unspecified atom stereocenters. The van der Waals surface area contributed by atoms with Gasteiger partial charge < -0.3 is 5.32 Å². The number of halogens is 2. The first-order chi connectivity index (χ1) is 8.08. The van der Waals surface area contributed by atoms with Crippen molar-refractivity contribution >= 4 is 39.2 Å². The largest absolute Gasteiger partial charge is 0.306 e. The molecule has 2 aromatic rings. The van der Waals surface area contributed by atoms with Gasteiger partial charge in [0.1, 0.15) is 11.6 Å². The Hall–Kier alpha value is -1.27. The first kappa shape index (κ1) is 12.2. The number of benzene rings is 1. The summed E-state index contributed by atoms with van der Waals surface area (Å²) in [4.78, 5) is 11.8. The third kappa shape index (κ3) is 2.70. The summed E-state index contributed by atoms with van der Waals surface area (Å²) in [6, 6.07) is 4.44. The molecule has 1 amide bonds. The van der Waals surface area contributed by atoms with E-state index in [0.29, 0.717) is 10.3 Å². The van der Waals surface area contributed by atoms with Crippen LogP contribution in [0.2, 0.25) is 0 Å². The fraction of sp³-hybridized carbons (Fsp3) is 0.0909. The highest BCUT2D eigenvalue weighted by Gasteiger charge is 2.14. The summed E-state index contributed by atoms with van der Waals surface area (Å²) in [6.07, 6.45) is 0. The van der Waals surface area contributed by atoms with E-state index in [1.807, 2.05) is 0 Å². The van der Waals surface area contributed by atoms with E-state index in [2.05, 4.69) is 25.6 Å². The van der Waals surface area contributed by atoms with Crippen LogP contribution < -0.4 is 5.32 Å². The van der Waals surface area contributed by atoms with E-state index in [0.717, 1.165) is 5.56 Å². The minimum Gasteiger partial charge on any atom is -0.306 e. The molecule has 0 aliphatic carbocycles. The molecule has 0 spiro atoms. The van der Waals surface area contributed by atoms with Crippen LogP contribution in [0.5, 0.6) is 0 Å². The second kappa shape index (κ2) is 4.93. The molecule has 0 atom stereocenters. The summed E-state index contributed by atoms with van der Waals surface area (Å²) in [6.45, 7) is 1.76. The minimum atomic E-state index is -0.543. The summed E-state index contributed by atoms with van der Waals surface area (Å²) in [5.41, 5.74) is 0.739. The Balaban J connectivity index is 2.28. The van der Waals surface area contributed by atoms with E-state index in [4.69, 9.17) is 0 Å². The topological polar surface area (TPSA) is 42.0 Å². The number of carbonyl (C=O) groups excluding carboxylic acids is 1. The smallest absolute Gasteiger partial charge is 0.259 e. The molecule has 3 nitrogen and oxygen atoms in total. The number of carbonyl (C=O) groups is 1. The number of anilines is 1. The van der Waals surface area contributed by atoms with E-state index < -0.39 is 11.7 Å². The number of amides is 1. The summed E-state index contributed by atoms with van der Waals surface area (Å²) in [5.74, 6) is -0.622. The number of nitrogens with one attached hydrogen (secondary N) is 1. The van der Waals surface area contributed by atoms with E-state index in [1.165, 1.54) is 23.7 Å². The van der Waals surface area contributed by atoms with Gasteiger partial charge in [-0.05, 0) is 42.2 Å². The predicted octanol–water partition coefficient (Wildman–Crippen LogP) is 3.61. The molecule has 1 aromatic carbocycles. The van der Waals surface area contributed by atoms with Crippen molar-refractivity contribution in [3.63, 3.8) is 0 Å². The van der Waals surface area contributed by atoms with Gasteiger partial charge in [0, 0.05) is 9.85 Å². The highest BCUT2D eigenvalue weighted by atomic mass is 79.9. The Bertz CT molecular complexity index is 557. The average Bonchev–Trinajstić information content (AvgIpc) is 2.76. The van der Waals surface area contributed by atoms with E-state index in [1.54, 1.807) is 18.4 Å². The maximum Gasteiger partial charge on any atom is 0.259 e. The Labute approximate surface area is 110 Å². The second-order valence-corrected chi connectivity index (χ2v) is 4.94. The van der Waals surface area contributed by atoms with Gasteiger partial charge in [0.25, 0.3) is 5.91 Å². The average molecular weight is 315 g/mol. The minimum absolute atomic E-state index is 0.00419. The Morgan fingerprint density at radius 1 is 1.53 bits per heavy atom. The molecule has 0 fully saturated rings. The molecular formula is C11H8BrFN2OS. The van der Waals surface area contributed by atoms with Gasteiger partial charge in [-0.1, -0.05) is 15.9 Å². The molecule has 1 aromatic heterocycles. The van der Waals surface area contributed by atoms with Crippen LogP contribution in [0.3, 0.4) is 0 Å². The number of aryl methyl sites for hydroxylation is 1. The molecule has 17 heavy (non-hydrogen) atoms. The number of hydrogen-bond donors (Lipinski definition) is 1. The highest BCUT2D eigenvalue weighted by molar-refractivity contribution is 9.10. The van der Waals surface area contributed by atoms with E-state index in [-0.39, 0.29) is 5.56 Å². The monoisotopic (exact) mass is 314 g/mol. The molecule has 88 valence electrons. The first-order valence-electron chi connectivity index (χ1n) is 4.75. The summed E-state index contributed by atoms with van der Waals surface area (Å²) in [5, 5.41) is 4.26. The maximum absolute atomic E-state index is 13.6. The molecule has 0 bridgehead atoms. The third-order valence-corrected chi connectivity index (χ3v) is 3.59. The van der Waals surface area contributed by atoms with Crippen LogP contribution in [0, 0.1) is 12.7 Å². The molecule has 0 aliphatic rings. The van der Waals surface area contributed by atoms with Crippen molar-refractivity contribution in [2.24, 2.45) is 0 Å². The van der Waals surface area contributed by atoms with Crippen LogP contribution in [0.25, 0.3) is 0 Å². The van der Waals surface area contributed by atoms with Crippen LogP contribution >= 0.6 is 27.5 Å². The zero-order valence-electron chi connectivity index (χ0n) is 8.83. The van der Waals surface area contributed by atoms with Gasteiger partial charge in [-0.15, -0.1) is 0 Å². The van der Waals surface area contributed by atoms with Crippen molar-refractivity contribution in [1.29, 1.82) is 0 Å². The first-order valence-corrected chi connectivity index (χ1v) is 6.38. The van der Waals surface area contributed by atoms with Gasteiger partial charge in [-0.3, -0.25) is 4.79 Å². The van der Waals surface area contributed by atoms with Crippen LogP contribution in [-0.2, 0) is 0 Å². The molecule has 6 heteroatoms. The van der Waals surface area contributed by atoms with Crippen molar-refractivity contribution < 1.29 is 9.18 Å². The van der Waals surface area contributed by atoms with E-state index in [9.17, 15) is 9.18 Å². The van der Waals surface area contributed by atoms with Crippen LogP contribution in [0.1, 0.15) is 15.9 Å². The number of aromatic nitrogens is 1. The normalized spacial score (nSPS) is 10.3. The van der Waals surface area contributed by atoms with Gasteiger partial charge in [0.05, 0.1) is 5.56 Å². The number of rotatable bonds is 2. The van der Waals surface area contributed by atoms with Gasteiger partial charge in [0.15, 0.2) is 0 Å². The lowest BCUT2D eigenvalue weighted by Gasteiger charge is -2.06. The zero-order chi connectivity index (χ0) is 12.4. The molecule has 0 saturated heterocycles. The highest BCUT2D eigenvalue weighted by Crippen LogP contribution is 2.21. The summed E-state index contributed by atoms with van der Waals surface area (Å²) < 4.78 is 18.2. The van der Waals surface area contributed by atoms with Gasteiger partial charge in [-0.25, -0.2) is 4.39 Å². The van der Waals surface area contributed by atoms with Gasteiger partial charge in [0.2, 0.25) is 0 Å². The maximum atomic E-state index is 13.6. The summed E-state index contributed by atoms with van der Waals surface area (Å²) >= 11 is 4.49. The Kier molecular flexibility index (Phi) is 3.54. The van der Waals surface area contributed by atoms with Crippen LogP contribution in [-0.4, -0.2) is 10.3 Å². The molecule has 0 radical (unpaired) electrons. The van der Waals surface area contributed by atoms with Crippen molar-refractivity contribution in [3.05, 3.63) is 45.0 Å². The Morgan fingerprint density at radius 2 is 2.29 bits per heavy atom. The van der Waals surface area contributed by atoms with Crippen molar-refractivity contribution in [3.8, 4) is 0 Å². The second-order valence-electron chi connectivity index (χ2n) is 3.42. The fourth-order valence-electron chi connectivity index (χ4n) is 1.28. The van der Waals surface area contributed by atoms with E-state index >= 15 is 0 Å². The third-order valence-electron chi connectivity index (χ3n) is 2.17. The molecule has 2 rings (SSSR count). The lowest BCUT2D eigenvalue weighted by Crippen LogP contribution is -2.14. The lowest BCUT2D eigenvalue weighted by atomic mass is 10.1. The standard InChI is InChI=1S/C11H8BrFN2OS/c1-6-4-9(13)7(5-8(6)12)11(16)14-10-2-3-17-15-10/h2-5H,1H3,(H,14,15,16). The molecule has 1 heterocycles. The van der Waals surface area contributed by atoms with Crippen molar-refractivity contribution in [2.75, 3.05) is 5.32 Å². The molecule has 0 saturated carbocycles. The predicted molar refractivity (Wildman–Crippen MR) is 68.9 cm³/mol. The summed E-state index contributed by atoms with van der Waals surface area (Å²) in [7, 11) is 0. The molecule has 0 aliphatic heterocycles. The van der Waals surface area contributed by atoms with Crippen molar-refractivity contribution in [1.82, 2.24) is 4.37 Å². The molecule has 1 N–H and O–H groups in total. The quantitative estimate of drug-likeness (QED) is 0.920. The van der Waals surface area contributed by atoms with Crippen molar-refractivity contribution in [2.45, 2.75) is 6.92 Å². The SMILES string of the molecule is Cc1cc(F)c(C(=O)Nc2ccsn2)cc1Br. The lowest BCUT2D eigenvalue weighted by molar-refractivity contribution is 0.102. The zero-order valence-corrected chi connectivity index (χ0v) is 11.2. The fourth-order valence-corrected chi connectivity index (χ4v) is 2.10. The van der Waals surface area contributed by atoms with Crippen LogP contribution in [0.4, 0.5) is 10.2 Å². The van der Waals surface area contributed by atoms with Crippen LogP contribution in [0.15, 0.2) is 28.1 Å². The Morgan fingerprint density at radius 3 is 2.94 bits per heavy atom. The molecular weight excluding hydrogens is 307 g/mol. The number of nitrogens with zero attached hydrogens (tertiary/aromatic N) is 1. The van der Waals surface area contributed by atoms with Gasteiger partial charge >= 0.3 is 0 Å².